The average Bonchev–Trinajstić information content (AvgIpc) is 1.87. The summed E-state index contributed by atoms with van der Waals surface area (Å²) in [5, 5.41) is 9.92. The minimum atomic E-state index is -1.25. The van der Waals surface area contributed by atoms with Crippen molar-refractivity contribution in [2.45, 2.75) is 19.9 Å². The van der Waals surface area contributed by atoms with Gasteiger partial charge in [-0.1, -0.05) is 0 Å². The first-order chi connectivity index (χ1) is 4.59. The third kappa shape index (κ3) is 5.74. The van der Waals surface area contributed by atoms with Crippen molar-refractivity contribution < 1.29 is 14.5 Å². The number of ether oxygens (including phenoxy) is 1. The monoisotopic (exact) mass is 187 g/mol. The molecule has 0 bridgehead atoms. The first kappa shape index (κ1) is 14.1. The molecule has 0 radical (unpaired) electrons. The van der Waals surface area contributed by atoms with Crippen LogP contribution in [0.25, 0.3) is 0 Å². The van der Waals surface area contributed by atoms with Gasteiger partial charge in [-0.3, -0.25) is 10.1 Å². The second kappa shape index (κ2) is 7.17. The molecule has 0 aromatic heterocycles. The molecule has 0 N–H and O–H groups in total. The molecule has 0 aliphatic heterocycles. The Labute approximate surface area is 107 Å². The van der Waals surface area contributed by atoms with Crippen LogP contribution in [0.15, 0.2) is 0 Å². The molecule has 0 amide bonds. The van der Waals surface area contributed by atoms with Gasteiger partial charge in [0.15, 0.2) is 0 Å². The summed E-state index contributed by atoms with van der Waals surface area (Å²) in [4.78, 5) is 19.8. The fourth-order valence-electron chi connectivity index (χ4n) is 0.349. The quantitative estimate of drug-likeness (QED) is 0.260. The maximum atomic E-state index is 10.5. The van der Waals surface area contributed by atoms with Crippen molar-refractivity contribution in [2.75, 3.05) is 6.61 Å². The molecule has 6 heteroatoms. The maximum absolute atomic E-state index is 10.5. The molecule has 0 saturated carbocycles. The van der Waals surface area contributed by atoms with Gasteiger partial charge >= 0.3 is 63.4 Å². The van der Waals surface area contributed by atoms with Crippen LogP contribution in [0.5, 0.6) is 0 Å². The number of nitrogens with zero attached hydrogens (tertiary/aromatic N) is 1. The molecule has 11 heavy (non-hydrogen) atoms. The first-order valence-electron chi connectivity index (χ1n) is 2.89. The summed E-state index contributed by atoms with van der Waals surface area (Å²) >= 11 is 0. The normalized spacial score (nSPS) is 11.1. The van der Waals surface area contributed by atoms with E-state index in [1.165, 1.54) is 6.92 Å². The third-order valence-corrected chi connectivity index (χ3v) is 0.944. The number of carbonyl (C=O) groups is 1. The van der Waals surface area contributed by atoms with Gasteiger partial charge in [-0.15, -0.1) is 0 Å². The van der Waals surface area contributed by atoms with E-state index in [2.05, 4.69) is 4.74 Å². The molecule has 0 saturated heterocycles. The van der Waals surface area contributed by atoms with Crippen molar-refractivity contribution in [2.24, 2.45) is 0 Å². The summed E-state index contributed by atoms with van der Waals surface area (Å²) < 4.78 is 4.38. The number of carbonyl (C=O) groups excluding carboxylic acids is 1. The second-order valence-electron chi connectivity index (χ2n) is 1.71. The Morgan fingerprint density at radius 2 is 2.18 bits per heavy atom. The van der Waals surface area contributed by atoms with Crippen molar-refractivity contribution >= 4 is 57.4 Å². The van der Waals surface area contributed by atoms with Crippen LogP contribution < -0.4 is 0 Å². The molecule has 5 nitrogen and oxygen atoms in total. The molecule has 0 aliphatic carbocycles. The van der Waals surface area contributed by atoms with E-state index in [0.717, 1.165) is 0 Å². The van der Waals surface area contributed by atoms with Crippen LogP contribution in [0.4, 0.5) is 0 Å². The van der Waals surface area contributed by atoms with Gasteiger partial charge < -0.3 is 4.74 Å². The zero-order valence-electron chi connectivity index (χ0n) is 5.86. The molecule has 0 spiro atoms. The van der Waals surface area contributed by atoms with E-state index in [1.54, 1.807) is 6.92 Å². The summed E-state index contributed by atoms with van der Waals surface area (Å²) in [5.41, 5.74) is 0. The van der Waals surface area contributed by atoms with Crippen LogP contribution in [0.2, 0.25) is 0 Å². The Morgan fingerprint density at radius 1 is 1.73 bits per heavy atom. The van der Waals surface area contributed by atoms with E-state index in [4.69, 9.17) is 0 Å². The van der Waals surface area contributed by atoms with E-state index in [0.29, 0.717) is 0 Å². The van der Waals surface area contributed by atoms with Crippen LogP contribution in [0, 0.1) is 10.1 Å². The van der Waals surface area contributed by atoms with E-state index in [1.807, 2.05) is 0 Å². The number of nitro groups is 1. The summed E-state index contributed by atoms with van der Waals surface area (Å²) in [6, 6.07) is -1.25. The van der Waals surface area contributed by atoms with Crippen molar-refractivity contribution in [1.29, 1.82) is 0 Å². The van der Waals surface area contributed by atoms with E-state index in [9.17, 15) is 14.9 Å². The molecular weight excluding hydrogens is 177 g/mol. The van der Waals surface area contributed by atoms with Crippen molar-refractivity contribution in [1.82, 2.24) is 0 Å². The minimum absolute atomic E-state index is 0. The Morgan fingerprint density at radius 3 is 2.45 bits per heavy atom. The van der Waals surface area contributed by atoms with E-state index >= 15 is 0 Å². The predicted molar refractivity (Wildman–Crippen MR) is 40.2 cm³/mol. The molecule has 0 aromatic rings. The van der Waals surface area contributed by atoms with Gasteiger partial charge in [0.25, 0.3) is 0 Å². The van der Waals surface area contributed by atoms with Gasteiger partial charge in [0.1, 0.15) is 0 Å². The van der Waals surface area contributed by atoms with Crippen molar-refractivity contribution in [3.8, 4) is 0 Å². The van der Waals surface area contributed by atoms with Crippen molar-refractivity contribution in [3.63, 3.8) is 0 Å². The SMILES string of the molecule is CCOC(=O)C(C)[N+](=O)[O-].[KH]. The third-order valence-electron chi connectivity index (χ3n) is 0.944. The van der Waals surface area contributed by atoms with Crippen molar-refractivity contribution in [3.05, 3.63) is 10.1 Å². The predicted octanol–water partition coefficient (Wildman–Crippen LogP) is -0.434. The number of hydrogen-bond acceptors (Lipinski definition) is 4. The molecule has 0 heterocycles. The van der Waals surface area contributed by atoms with Crippen LogP contribution in [0.1, 0.15) is 13.8 Å². The zero-order valence-corrected chi connectivity index (χ0v) is 5.86. The standard InChI is InChI=1S/C5H9NO4.K.H/c1-3-10-5(7)4(2)6(8)9;;/h4H,3H2,1-2H3;;. The molecule has 0 aromatic carbocycles. The summed E-state index contributed by atoms with van der Waals surface area (Å²) in [6.45, 7) is 2.97. The molecule has 0 aliphatic rings. The van der Waals surface area contributed by atoms with E-state index < -0.39 is 16.9 Å². The van der Waals surface area contributed by atoms with Gasteiger partial charge in [0.05, 0.1) is 6.61 Å². The Bertz CT molecular complexity index is 149. The van der Waals surface area contributed by atoms with E-state index in [-0.39, 0.29) is 58.0 Å². The van der Waals surface area contributed by atoms with Crippen LogP contribution in [0.3, 0.4) is 0 Å². The van der Waals surface area contributed by atoms with Crippen LogP contribution in [-0.2, 0) is 9.53 Å². The molecule has 0 rings (SSSR count). The van der Waals surface area contributed by atoms with Gasteiger partial charge in [-0.2, -0.15) is 0 Å². The molecular formula is C5H10KNO4. The van der Waals surface area contributed by atoms with Gasteiger partial charge in [0.2, 0.25) is 0 Å². The molecule has 1 unspecified atom stereocenters. The molecule has 0 fully saturated rings. The Balaban J connectivity index is 0. The molecule has 1 atom stereocenters. The summed E-state index contributed by atoms with van der Waals surface area (Å²) in [5.74, 6) is -0.785. The Hall–Kier alpha value is 0.506. The Kier molecular flexibility index (Phi) is 9.16. The van der Waals surface area contributed by atoms with Crippen LogP contribution in [-0.4, -0.2) is 74.9 Å². The zero-order chi connectivity index (χ0) is 8.15. The van der Waals surface area contributed by atoms with Gasteiger partial charge in [-0.25, -0.2) is 4.79 Å². The first-order valence-corrected chi connectivity index (χ1v) is 2.89. The topological polar surface area (TPSA) is 69.4 Å². The summed E-state index contributed by atoms with van der Waals surface area (Å²) in [6.07, 6.45) is 0. The van der Waals surface area contributed by atoms with Gasteiger partial charge in [0, 0.05) is 11.8 Å². The number of rotatable bonds is 3. The second-order valence-corrected chi connectivity index (χ2v) is 1.71. The summed E-state index contributed by atoms with van der Waals surface area (Å²) in [7, 11) is 0. The van der Waals surface area contributed by atoms with Gasteiger partial charge in [-0.05, 0) is 6.92 Å². The fourth-order valence-corrected chi connectivity index (χ4v) is 0.349. The van der Waals surface area contributed by atoms with Crippen LogP contribution >= 0.6 is 0 Å². The number of esters is 1. The fraction of sp³-hybridized carbons (Fsp3) is 0.800. The molecule has 60 valence electrons. The average molecular weight is 187 g/mol. The number of hydrogen-bond donors (Lipinski definition) is 0.